The van der Waals surface area contributed by atoms with Crippen molar-refractivity contribution in [2.24, 2.45) is 0 Å². The summed E-state index contributed by atoms with van der Waals surface area (Å²) in [6.07, 6.45) is 0. The zero-order valence-corrected chi connectivity index (χ0v) is 13.3. The molecule has 0 fully saturated rings. The molecule has 0 saturated heterocycles. The zero-order chi connectivity index (χ0) is 13.4. The molecular formula is C13H11BrN2OS2. The predicted molar refractivity (Wildman–Crippen MR) is 83.0 cm³/mol. The summed E-state index contributed by atoms with van der Waals surface area (Å²) in [4.78, 5) is 12.9. The molecule has 19 heavy (non-hydrogen) atoms. The van der Waals surface area contributed by atoms with Gasteiger partial charge in [0.15, 0.2) is 0 Å². The molecular weight excluding hydrogens is 344 g/mol. The molecule has 1 aliphatic rings. The van der Waals surface area contributed by atoms with E-state index >= 15 is 0 Å². The van der Waals surface area contributed by atoms with Crippen molar-refractivity contribution in [1.29, 1.82) is 0 Å². The molecule has 2 aromatic rings. The van der Waals surface area contributed by atoms with Crippen LogP contribution in [0.2, 0.25) is 0 Å². The number of thiophene rings is 1. The monoisotopic (exact) mass is 354 g/mol. The summed E-state index contributed by atoms with van der Waals surface area (Å²) in [7, 11) is 1.79. The minimum absolute atomic E-state index is 0.00248. The molecule has 1 aromatic carbocycles. The number of nitrogens with one attached hydrogen (secondary N) is 2. The standard InChI is InChI=1S/C13H11BrN2OS2/c1-15-12-7-5-8(14)10(6-9(7)16-13(12)17)19-11-3-2-4-18-11/h2-6,12,15H,1H3,(H,16,17). The van der Waals surface area contributed by atoms with Crippen LogP contribution in [0.3, 0.4) is 0 Å². The summed E-state index contributed by atoms with van der Waals surface area (Å²) in [6.45, 7) is 0. The van der Waals surface area contributed by atoms with Crippen molar-refractivity contribution in [3.8, 4) is 0 Å². The van der Waals surface area contributed by atoms with Crippen LogP contribution in [0.15, 0.2) is 43.2 Å². The Morgan fingerprint density at radius 1 is 1.47 bits per heavy atom. The number of amides is 1. The van der Waals surface area contributed by atoms with E-state index in [-0.39, 0.29) is 11.9 Å². The first-order valence-corrected chi connectivity index (χ1v) is 8.21. The minimum atomic E-state index is -0.257. The maximum Gasteiger partial charge on any atom is 0.246 e. The first kappa shape index (κ1) is 13.2. The first-order chi connectivity index (χ1) is 9.19. The summed E-state index contributed by atoms with van der Waals surface area (Å²) in [5.74, 6) is 0.00248. The van der Waals surface area contributed by atoms with Crippen LogP contribution in [0.5, 0.6) is 0 Å². The fourth-order valence-corrected chi connectivity index (χ4v) is 4.43. The molecule has 98 valence electrons. The number of hydrogen-bond acceptors (Lipinski definition) is 4. The number of anilines is 1. The zero-order valence-electron chi connectivity index (χ0n) is 10.1. The van der Waals surface area contributed by atoms with Crippen molar-refractivity contribution in [2.45, 2.75) is 15.1 Å². The largest absolute Gasteiger partial charge is 0.324 e. The maximum atomic E-state index is 11.8. The number of benzene rings is 1. The van der Waals surface area contributed by atoms with Crippen LogP contribution in [0.25, 0.3) is 0 Å². The van der Waals surface area contributed by atoms with Gasteiger partial charge in [-0.15, -0.1) is 11.3 Å². The van der Waals surface area contributed by atoms with E-state index in [1.54, 1.807) is 30.1 Å². The van der Waals surface area contributed by atoms with Gasteiger partial charge in [0.05, 0.1) is 4.21 Å². The van der Waals surface area contributed by atoms with Gasteiger partial charge in [0.25, 0.3) is 0 Å². The Balaban J connectivity index is 1.97. The SMILES string of the molecule is CNC1C(=O)Nc2cc(Sc3cccs3)c(Br)cc21. The van der Waals surface area contributed by atoms with Crippen molar-refractivity contribution in [2.75, 3.05) is 12.4 Å². The summed E-state index contributed by atoms with van der Waals surface area (Å²) in [6, 6.07) is 7.91. The Labute approximate surface area is 127 Å². The topological polar surface area (TPSA) is 41.1 Å². The smallest absolute Gasteiger partial charge is 0.246 e. The summed E-state index contributed by atoms with van der Waals surface area (Å²) in [5.41, 5.74) is 1.89. The third-order valence-corrected chi connectivity index (χ3v) is 5.94. The molecule has 1 unspecified atom stereocenters. The molecule has 2 N–H and O–H groups in total. The fraction of sp³-hybridized carbons (Fsp3) is 0.154. The van der Waals surface area contributed by atoms with Crippen molar-refractivity contribution in [3.63, 3.8) is 0 Å². The molecule has 1 amide bonds. The fourth-order valence-electron chi connectivity index (χ4n) is 2.06. The third-order valence-electron chi connectivity index (χ3n) is 2.93. The number of rotatable bonds is 3. The van der Waals surface area contributed by atoms with Crippen molar-refractivity contribution in [1.82, 2.24) is 5.32 Å². The molecule has 0 aliphatic carbocycles. The van der Waals surface area contributed by atoms with Gasteiger partial charge in [-0.2, -0.15) is 0 Å². The van der Waals surface area contributed by atoms with E-state index in [9.17, 15) is 4.79 Å². The highest BCUT2D eigenvalue weighted by molar-refractivity contribution is 9.10. The molecule has 0 spiro atoms. The number of carbonyl (C=O) groups excluding carboxylic acids is 1. The average molecular weight is 355 g/mol. The van der Waals surface area contributed by atoms with Crippen molar-refractivity contribution >= 4 is 50.6 Å². The number of fused-ring (bicyclic) bond motifs is 1. The Morgan fingerprint density at radius 3 is 3.00 bits per heavy atom. The lowest BCUT2D eigenvalue weighted by Crippen LogP contribution is -2.23. The van der Waals surface area contributed by atoms with Crippen molar-refractivity contribution in [3.05, 3.63) is 39.7 Å². The first-order valence-electron chi connectivity index (χ1n) is 5.72. The van der Waals surface area contributed by atoms with Gasteiger partial charge in [0, 0.05) is 20.6 Å². The highest BCUT2D eigenvalue weighted by Crippen LogP contribution is 2.42. The Bertz CT molecular complexity index is 628. The van der Waals surface area contributed by atoms with Crippen LogP contribution in [0, 0.1) is 0 Å². The number of hydrogen-bond donors (Lipinski definition) is 2. The summed E-state index contributed by atoms with van der Waals surface area (Å²) in [5, 5.41) is 8.00. The highest BCUT2D eigenvalue weighted by Gasteiger charge is 2.30. The van der Waals surface area contributed by atoms with Crippen molar-refractivity contribution < 1.29 is 4.79 Å². The second-order valence-corrected chi connectivity index (χ2v) is 7.26. The lowest BCUT2D eigenvalue weighted by atomic mass is 10.1. The van der Waals surface area contributed by atoms with E-state index < -0.39 is 0 Å². The van der Waals surface area contributed by atoms with Crippen LogP contribution < -0.4 is 10.6 Å². The quantitative estimate of drug-likeness (QED) is 0.878. The van der Waals surface area contributed by atoms with E-state index in [1.165, 1.54) is 4.21 Å². The Morgan fingerprint density at radius 2 is 2.32 bits per heavy atom. The lowest BCUT2D eigenvalue weighted by Gasteiger charge is -2.09. The van der Waals surface area contributed by atoms with Crippen LogP contribution in [-0.2, 0) is 4.79 Å². The van der Waals surface area contributed by atoms with Gasteiger partial charge in [0.1, 0.15) is 6.04 Å². The molecule has 0 radical (unpaired) electrons. The maximum absolute atomic E-state index is 11.8. The van der Waals surface area contributed by atoms with E-state index in [0.717, 1.165) is 20.6 Å². The predicted octanol–water partition coefficient (Wildman–Crippen LogP) is 3.87. The molecule has 0 saturated carbocycles. The molecule has 2 heterocycles. The van der Waals surface area contributed by atoms with Gasteiger partial charge in [-0.3, -0.25) is 4.79 Å². The summed E-state index contributed by atoms with van der Waals surface area (Å²) < 4.78 is 2.25. The molecule has 1 aliphatic heterocycles. The second-order valence-electron chi connectivity index (χ2n) is 4.11. The van der Waals surface area contributed by atoms with Crippen LogP contribution in [0.1, 0.15) is 11.6 Å². The van der Waals surface area contributed by atoms with Gasteiger partial charge < -0.3 is 10.6 Å². The summed E-state index contributed by atoms with van der Waals surface area (Å²) >= 11 is 6.99. The van der Waals surface area contributed by atoms with Gasteiger partial charge in [-0.1, -0.05) is 17.8 Å². The Kier molecular flexibility index (Phi) is 3.66. The number of likely N-dealkylation sites (N-methyl/N-ethyl adjacent to an activating group) is 1. The van der Waals surface area contributed by atoms with Gasteiger partial charge >= 0.3 is 0 Å². The second kappa shape index (κ2) is 5.28. The highest BCUT2D eigenvalue weighted by atomic mass is 79.9. The van der Waals surface area contributed by atoms with Gasteiger partial charge in [-0.05, 0) is 46.6 Å². The van der Waals surface area contributed by atoms with Crippen LogP contribution in [0.4, 0.5) is 5.69 Å². The van der Waals surface area contributed by atoms with Crippen LogP contribution >= 0.6 is 39.0 Å². The van der Waals surface area contributed by atoms with E-state index in [2.05, 4.69) is 38.0 Å². The average Bonchev–Trinajstić information content (AvgIpc) is 2.97. The number of carbonyl (C=O) groups is 1. The third kappa shape index (κ3) is 2.45. The molecule has 6 heteroatoms. The van der Waals surface area contributed by atoms with Crippen LogP contribution in [-0.4, -0.2) is 13.0 Å². The molecule has 1 aromatic heterocycles. The molecule has 1 atom stereocenters. The Hall–Kier alpha value is -0.820. The molecule has 3 rings (SSSR count). The van der Waals surface area contributed by atoms with Gasteiger partial charge in [-0.25, -0.2) is 0 Å². The van der Waals surface area contributed by atoms with Gasteiger partial charge in [0.2, 0.25) is 5.91 Å². The van der Waals surface area contributed by atoms with E-state index in [4.69, 9.17) is 0 Å². The minimum Gasteiger partial charge on any atom is -0.324 e. The number of halogens is 1. The normalized spacial score (nSPS) is 17.4. The lowest BCUT2D eigenvalue weighted by molar-refractivity contribution is -0.117. The molecule has 3 nitrogen and oxygen atoms in total. The van der Waals surface area contributed by atoms with E-state index in [0.29, 0.717) is 0 Å². The molecule has 0 bridgehead atoms. The van der Waals surface area contributed by atoms with E-state index in [1.807, 2.05) is 18.2 Å².